The highest BCUT2D eigenvalue weighted by Gasteiger charge is 2.14. The number of rotatable bonds is 5. The second-order valence-electron chi connectivity index (χ2n) is 6.86. The number of ether oxygens (including phenoxy) is 1. The van der Waals surface area contributed by atoms with Crippen molar-refractivity contribution in [3.63, 3.8) is 0 Å². The van der Waals surface area contributed by atoms with E-state index in [1.165, 1.54) is 5.56 Å². The van der Waals surface area contributed by atoms with E-state index in [0.717, 1.165) is 5.69 Å². The largest absolute Gasteiger partial charge is 0.489 e. The van der Waals surface area contributed by atoms with Crippen LogP contribution in [0.4, 0.5) is 5.69 Å². The Balaban J connectivity index is 1.97. The molecule has 2 N–H and O–H groups in total. The maximum absolute atomic E-state index is 12.3. The van der Waals surface area contributed by atoms with Gasteiger partial charge in [0.05, 0.1) is 0 Å². The van der Waals surface area contributed by atoms with Crippen LogP contribution in [0.15, 0.2) is 61.2 Å². The number of carbonyl (C=O) groups excluding carboxylic acids is 1. The maximum atomic E-state index is 12.3. The number of hydrogen-bond donors (Lipinski definition) is 2. The number of anilines is 1. The van der Waals surface area contributed by atoms with Crippen LogP contribution < -0.4 is 15.4 Å². The van der Waals surface area contributed by atoms with Gasteiger partial charge in [-0.1, -0.05) is 51.6 Å². The number of nitrogens with one attached hydrogen (secondary N) is 2. The van der Waals surface area contributed by atoms with E-state index >= 15 is 0 Å². The Morgan fingerprint density at radius 1 is 1.19 bits per heavy atom. The first-order valence-corrected chi connectivity index (χ1v) is 8.77. The van der Waals surface area contributed by atoms with E-state index in [1.54, 1.807) is 12.1 Å². The van der Waals surface area contributed by atoms with Crippen molar-refractivity contribution in [2.75, 3.05) is 11.9 Å². The van der Waals surface area contributed by atoms with E-state index in [9.17, 15) is 4.79 Å². The van der Waals surface area contributed by atoms with Crippen LogP contribution in [0.2, 0.25) is 0 Å². The minimum absolute atomic E-state index is 0.0462. The Bertz CT molecular complexity index is 792. The Hall–Kier alpha value is -2.66. The van der Waals surface area contributed by atoms with E-state index in [1.807, 2.05) is 42.5 Å². The van der Waals surface area contributed by atoms with Gasteiger partial charge in [-0.15, -0.1) is 0 Å². The minimum atomic E-state index is -0.248. The van der Waals surface area contributed by atoms with Crippen molar-refractivity contribution in [2.45, 2.75) is 26.2 Å². The molecule has 0 aliphatic rings. The molecule has 0 aliphatic heterocycles. The van der Waals surface area contributed by atoms with Gasteiger partial charge >= 0.3 is 0 Å². The van der Waals surface area contributed by atoms with Crippen LogP contribution in [0.5, 0.6) is 5.75 Å². The average Bonchev–Trinajstić information content (AvgIpc) is 2.59. The molecule has 0 aromatic heterocycles. The molecule has 0 bridgehead atoms. The van der Waals surface area contributed by atoms with Crippen molar-refractivity contribution in [2.24, 2.45) is 0 Å². The molecule has 0 saturated heterocycles. The van der Waals surface area contributed by atoms with Crippen LogP contribution in [0.25, 0.3) is 0 Å². The molecule has 0 atom stereocenters. The van der Waals surface area contributed by atoms with Crippen molar-refractivity contribution >= 4 is 28.9 Å². The molecule has 0 radical (unpaired) electrons. The minimum Gasteiger partial charge on any atom is -0.489 e. The summed E-state index contributed by atoms with van der Waals surface area (Å²) in [6.45, 7) is 10.4. The zero-order valence-corrected chi connectivity index (χ0v) is 16.2. The molecule has 136 valence electrons. The smallest absolute Gasteiger partial charge is 0.257 e. The molecular formula is C21H24N2O2S. The number of hydrogen-bond acceptors (Lipinski definition) is 3. The summed E-state index contributed by atoms with van der Waals surface area (Å²) in [5.41, 5.74) is 2.51. The predicted molar refractivity (Wildman–Crippen MR) is 111 cm³/mol. The molecule has 2 aromatic carbocycles. The predicted octanol–water partition coefficient (Wildman–Crippen LogP) is 4.68. The summed E-state index contributed by atoms with van der Waals surface area (Å²) < 4.78 is 5.48. The van der Waals surface area contributed by atoms with Crippen LogP contribution in [0.3, 0.4) is 0 Å². The van der Waals surface area contributed by atoms with Crippen LogP contribution in [0, 0.1) is 0 Å². The van der Waals surface area contributed by atoms with Gasteiger partial charge in [-0.25, -0.2) is 0 Å². The molecule has 0 spiro atoms. The van der Waals surface area contributed by atoms with E-state index in [4.69, 9.17) is 17.0 Å². The molecule has 4 nitrogen and oxygen atoms in total. The summed E-state index contributed by atoms with van der Waals surface area (Å²) >= 11 is 5.23. The van der Waals surface area contributed by atoms with E-state index in [-0.39, 0.29) is 16.4 Å². The Morgan fingerprint density at radius 3 is 2.50 bits per heavy atom. The number of amides is 1. The van der Waals surface area contributed by atoms with Crippen LogP contribution in [-0.4, -0.2) is 17.6 Å². The fourth-order valence-electron chi connectivity index (χ4n) is 2.28. The molecule has 0 heterocycles. The zero-order chi connectivity index (χ0) is 19.2. The van der Waals surface area contributed by atoms with Gasteiger partial charge < -0.3 is 10.1 Å². The van der Waals surface area contributed by atoms with Gasteiger partial charge in [0.25, 0.3) is 5.91 Å². The standard InChI is InChI=1S/C21H24N2O2S/c1-5-13-25-18-8-6-7-17(14-18)22-20(26)23-19(24)15-9-11-16(12-10-15)21(2,3)4/h5-12,14H,1,13H2,2-4H3,(H2,22,23,24,26). The molecule has 0 unspecified atom stereocenters. The molecule has 2 rings (SSSR count). The highest BCUT2D eigenvalue weighted by Crippen LogP contribution is 2.22. The number of thiocarbonyl (C=S) groups is 1. The molecule has 5 heteroatoms. The average molecular weight is 369 g/mol. The van der Waals surface area contributed by atoms with Gasteiger partial charge in [-0.2, -0.15) is 0 Å². The first-order valence-electron chi connectivity index (χ1n) is 8.36. The first-order chi connectivity index (χ1) is 12.3. The monoisotopic (exact) mass is 368 g/mol. The molecule has 26 heavy (non-hydrogen) atoms. The van der Waals surface area contributed by atoms with Gasteiger partial charge in [0.2, 0.25) is 0 Å². The van der Waals surface area contributed by atoms with Crippen molar-refractivity contribution in [3.05, 3.63) is 72.3 Å². The molecular weight excluding hydrogens is 344 g/mol. The summed E-state index contributed by atoms with van der Waals surface area (Å²) in [7, 11) is 0. The van der Waals surface area contributed by atoms with Gasteiger partial charge in [-0.3, -0.25) is 10.1 Å². The lowest BCUT2D eigenvalue weighted by molar-refractivity contribution is 0.0977. The Kier molecular flexibility index (Phi) is 6.52. The third-order valence-electron chi connectivity index (χ3n) is 3.70. The second kappa shape index (κ2) is 8.63. The molecule has 0 fully saturated rings. The van der Waals surface area contributed by atoms with E-state index in [0.29, 0.717) is 17.9 Å². The Morgan fingerprint density at radius 2 is 1.88 bits per heavy atom. The second-order valence-corrected chi connectivity index (χ2v) is 7.27. The highest BCUT2D eigenvalue weighted by atomic mass is 32.1. The first kappa shape index (κ1) is 19.7. The summed E-state index contributed by atoms with van der Waals surface area (Å²) in [5.74, 6) is 0.448. The molecule has 1 amide bonds. The van der Waals surface area contributed by atoms with Gasteiger partial charge in [0.1, 0.15) is 12.4 Å². The highest BCUT2D eigenvalue weighted by molar-refractivity contribution is 7.80. The van der Waals surface area contributed by atoms with Crippen LogP contribution in [0.1, 0.15) is 36.7 Å². The lowest BCUT2D eigenvalue weighted by atomic mass is 9.87. The topological polar surface area (TPSA) is 50.4 Å². The summed E-state index contributed by atoms with van der Waals surface area (Å²) in [4.78, 5) is 12.3. The fourth-order valence-corrected chi connectivity index (χ4v) is 2.49. The van der Waals surface area contributed by atoms with E-state index < -0.39 is 0 Å². The fraction of sp³-hybridized carbons (Fsp3) is 0.238. The van der Waals surface area contributed by atoms with Crippen LogP contribution >= 0.6 is 12.2 Å². The molecule has 0 saturated carbocycles. The quantitative estimate of drug-likeness (QED) is 0.594. The number of benzene rings is 2. The van der Waals surface area contributed by atoms with Crippen molar-refractivity contribution < 1.29 is 9.53 Å². The van der Waals surface area contributed by atoms with Crippen LogP contribution in [-0.2, 0) is 5.41 Å². The SMILES string of the molecule is C=CCOc1cccc(NC(=S)NC(=O)c2ccc(C(C)(C)C)cc2)c1. The van der Waals surface area contributed by atoms with Gasteiger partial charge in [0, 0.05) is 17.3 Å². The van der Waals surface area contributed by atoms with E-state index in [2.05, 4.69) is 38.0 Å². The zero-order valence-electron chi connectivity index (χ0n) is 15.3. The van der Waals surface area contributed by atoms with Crippen molar-refractivity contribution in [1.82, 2.24) is 5.32 Å². The maximum Gasteiger partial charge on any atom is 0.257 e. The van der Waals surface area contributed by atoms with Crippen molar-refractivity contribution in [1.29, 1.82) is 0 Å². The summed E-state index contributed by atoms with van der Waals surface area (Å²) in [6, 6.07) is 14.9. The summed E-state index contributed by atoms with van der Waals surface area (Å²) in [6.07, 6.45) is 1.68. The third-order valence-corrected chi connectivity index (χ3v) is 3.90. The molecule has 2 aromatic rings. The lowest BCUT2D eigenvalue weighted by Crippen LogP contribution is -2.34. The van der Waals surface area contributed by atoms with Gasteiger partial charge in [0.15, 0.2) is 5.11 Å². The summed E-state index contributed by atoms with van der Waals surface area (Å²) in [5, 5.41) is 5.91. The van der Waals surface area contributed by atoms with Gasteiger partial charge in [-0.05, 0) is 47.5 Å². The normalized spacial score (nSPS) is 10.7. The lowest BCUT2D eigenvalue weighted by Gasteiger charge is -2.19. The number of carbonyl (C=O) groups is 1. The molecule has 0 aliphatic carbocycles. The third kappa shape index (κ3) is 5.70. The van der Waals surface area contributed by atoms with Crippen molar-refractivity contribution in [3.8, 4) is 5.75 Å². The Labute approximate surface area is 160 Å².